The van der Waals surface area contributed by atoms with Crippen LogP contribution in [0.3, 0.4) is 0 Å². The summed E-state index contributed by atoms with van der Waals surface area (Å²) in [5, 5.41) is 3.05. The predicted octanol–water partition coefficient (Wildman–Crippen LogP) is 3.83. The van der Waals surface area contributed by atoms with Gasteiger partial charge in [0, 0.05) is 40.2 Å². The molecule has 2 rings (SSSR count). The summed E-state index contributed by atoms with van der Waals surface area (Å²) < 4.78 is 2.92. The molecule has 1 aromatic carbocycles. The van der Waals surface area contributed by atoms with Crippen LogP contribution in [-0.4, -0.2) is 16.1 Å². The van der Waals surface area contributed by atoms with E-state index in [4.69, 9.17) is 11.6 Å². The molecule has 1 heterocycles. The number of nitrogens with one attached hydrogen (secondary N) is 2. The summed E-state index contributed by atoms with van der Waals surface area (Å²) in [6, 6.07) is 5.59. The molecule has 0 saturated carbocycles. The fourth-order valence-corrected chi connectivity index (χ4v) is 3.12. The number of benzene rings is 1. The molecule has 2 N–H and O–H groups in total. The highest BCUT2D eigenvalue weighted by Gasteiger charge is 2.15. The van der Waals surface area contributed by atoms with E-state index in [2.05, 4.69) is 10.0 Å². The lowest BCUT2D eigenvalue weighted by molar-refractivity contribution is -0.106. The molecule has 0 saturated heterocycles. The normalized spacial score (nSPS) is 14.1. The maximum Gasteiger partial charge on any atom is 0.303 e. The van der Waals surface area contributed by atoms with E-state index in [0.29, 0.717) is 16.5 Å². The molecule has 0 bridgehead atoms. The van der Waals surface area contributed by atoms with Gasteiger partial charge < -0.3 is 10.0 Å². The molecule has 0 aromatic heterocycles. The number of carbonyl (C=O) groups is 2. The average molecular weight is 329 g/mol. The molecule has 0 atom stereocenters. The first kappa shape index (κ1) is 15.3. The van der Waals surface area contributed by atoms with Gasteiger partial charge in [-0.15, -0.1) is 0 Å². The minimum absolute atomic E-state index is 0.0276. The second-order valence-electron chi connectivity index (χ2n) is 4.05. The molecule has 1 aliphatic heterocycles. The summed E-state index contributed by atoms with van der Waals surface area (Å²) in [5.74, 6) is 0.516. The Hall–Kier alpha value is -1.11. The van der Waals surface area contributed by atoms with Crippen LogP contribution in [-0.2, 0) is 11.2 Å². The molecule has 0 radical (unpaired) electrons. The lowest BCUT2D eigenvalue weighted by atomic mass is 10.1. The molecule has 0 fully saturated rings. The van der Waals surface area contributed by atoms with Crippen molar-refractivity contribution in [3.05, 3.63) is 40.6 Å². The zero-order chi connectivity index (χ0) is 14.5. The molecule has 1 amide bonds. The highest BCUT2D eigenvalue weighted by molar-refractivity contribution is 8.15. The Bertz CT molecular complexity index is 575. The van der Waals surface area contributed by atoms with Crippen molar-refractivity contribution in [3.63, 3.8) is 0 Å². The fourth-order valence-electron chi connectivity index (χ4n) is 1.61. The van der Waals surface area contributed by atoms with Gasteiger partial charge in [0.2, 0.25) is 5.12 Å². The Morgan fingerprint density at radius 2 is 2.30 bits per heavy atom. The third kappa shape index (κ3) is 4.19. The zero-order valence-corrected chi connectivity index (χ0v) is 13.1. The van der Waals surface area contributed by atoms with E-state index >= 15 is 0 Å². The summed E-state index contributed by atoms with van der Waals surface area (Å²) in [6.07, 6.45) is 2.31. The molecule has 0 spiro atoms. The van der Waals surface area contributed by atoms with E-state index in [0.717, 1.165) is 29.6 Å². The Morgan fingerprint density at radius 3 is 2.90 bits per heavy atom. The van der Waals surface area contributed by atoms with Gasteiger partial charge in [0.25, 0.3) is 0 Å². The number of rotatable bonds is 4. The van der Waals surface area contributed by atoms with Gasteiger partial charge in [0.15, 0.2) is 0 Å². The van der Waals surface area contributed by atoms with Crippen LogP contribution >= 0.6 is 35.3 Å². The molecule has 0 unspecified atom stereocenters. The van der Waals surface area contributed by atoms with Gasteiger partial charge in [0.05, 0.1) is 0 Å². The van der Waals surface area contributed by atoms with Crippen molar-refractivity contribution in [3.8, 4) is 0 Å². The maximum absolute atomic E-state index is 11.7. The molecule has 1 aliphatic rings. The quantitative estimate of drug-likeness (QED) is 0.823. The summed E-state index contributed by atoms with van der Waals surface area (Å²) in [5.41, 5.74) is 2.47. The number of thioether (sulfide) groups is 1. The first-order valence-electron chi connectivity index (χ1n) is 5.98. The summed E-state index contributed by atoms with van der Waals surface area (Å²) in [6.45, 7) is 2.03. The largest absolute Gasteiger partial charge is 0.322 e. The van der Waals surface area contributed by atoms with Gasteiger partial charge in [0.1, 0.15) is 0 Å². The van der Waals surface area contributed by atoms with E-state index in [1.165, 1.54) is 17.8 Å². The monoisotopic (exact) mass is 328 g/mol. The Labute approximate surface area is 130 Å². The van der Waals surface area contributed by atoms with Gasteiger partial charge >= 0.3 is 5.24 Å². The van der Waals surface area contributed by atoms with Crippen LogP contribution in [0.4, 0.5) is 10.5 Å². The van der Waals surface area contributed by atoms with Crippen LogP contribution in [0.2, 0.25) is 5.02 Å². The van der Waals surface area contributed by atoms with E-state index in [1.807, 2.05) is 19.1 Å². The van der Waals surface area contributed by atoms with Crippen molar-refractivity contribution in [1.29, 1.82) is 0 Å². The standard InChI is InChI=1S/C13H13ClN2O2S2/c1-2-8-3-4-9(5-11(8)14)16-20-13(18)15-10-6-12(17)19-7-10/h3-6,16H,2,7H2,1H3,(H,15,18). The van der Waals surface area contributed by atoms with Crippen molar-refractivity contribution in [2.24, 2.45) is 0 Å². The summed E-state index contributed by atoms with van der Waals surface area (Å²) in [4.78, 5) is 22.7. The van der Waals surface area contributed by atoms with Crippen LogP contribution in [0.1, 0.15) is 12.5 Å². The number of carbonyl (C=O) groups excluding carboxylic acids is 2. The molecule has 20 heavy (non-hydrogen) atoms. The van der Waals surface area contributed by atoms with Crippen molar-refractivity contribution in [1.82, 2.24) is 5.32 Å². The number of hydrogen-bond donors (Lipinski definition) is 2. The van der Waals surface area contributed by atoms with Gasteiger partial charge in [-0.2, -0.15) is 0 Å². The average Bonchev–Trinajstić information content (AvgIpc) is 2.82. The number of halogens is 1. The van der Waals surface area contributed by atoms with Crippen LogP contribution in [0.5, 0.6) is 0 Å². The van der Waals surface area contributed by atoms with Crippen LogP contribution in [0.25, 0.3) is 0 Å². The van der Waals surface area contributed by atoms with Crippen molar-refractivity contribution in [2.75, 3.05) is 10.5 Å². The summed E-state index contributed by atoms with van der Waals surface area (Å²) >= 11 is 8.19. The van der Waals surface area contributed by atoms with Crippen LogP contribution in [0.15, 0.2) is 30.0 Å². The SMILES string of the molecule is CCc1ccc(NSC(=O)NC2=CC(=O)SC2)cc1Cl. The van der Waals surface area contributed by atoms with Gasteiger partial charge in [-0.1, -0.05) is 36.4 Å². The smallest absolute Gasteiger partial charge is 0.303 e. The van der Waals surface area contributed by atoms with E-state index in [1.54, 1.807) is 6.07 Å². The van der Waals surface area contributed by atoms with E-state index < -0.39 is 0 Å². The Kier molecular flexibility index (Phi) is 5.39. The lowest BCUT2D eigenvalue weighted by Gasteiger charge is -2.08. The zero-order valence-electron chi connectivity index (χ0n) is 10.7. The molecule has 7 heteroatoms. The number of amides is 1. The lowest BCUT2D eigenvalue weighted by Crippen LogP contribution is -2.19. The molecule has 4 nitrogen and oxygen atoms in total. The minimum Gasteiger partial charge on any atom is -0.322 e. The van der Waals surface area contributed by atoms with Gasteiger partial charge in [-0.3, -0.25) is 9.59 Å². The van der Waals surface area contributed by atoms with Crippen molar-refractivity contribution >= 4 is 51.4 Å². The molecule has 1 aromatic rings. The maximum atomic E-state index is 11.7. The predicted molar refractivity (Wildman–Crippen MR) is 86.1 cm³/mol. The van der Waals surface area contributed by atoms with Crippen molar-refractivity contribution < 1.29 is 9.59 Å². The van der Waals surface area contributed by atoms with Crippen LogP contribution < -0.4 is 10.0 Å². The van der Waals surface area contributed by atoms with E-state index in [-0.39, 0.29) is 10.4 Å². The molecule has 106 valence electrons. The molecular formula is C13H13ClN2O2S2. The first-order chi connectivity index (χ1) is 9.58. The second kappa shape index (κ2) is 7.06. The van der Waals surface area contributed by atoms with Crippen LogP contribution in [0, 0.1) is 0 Å². The number of anilines is 1. The first-order valence-corrected chi connectivity index (χ1v) is 8.16. The number of hydrogen-bond acceptors (Lipinski definition) is 5. The third-order valence-corrected chi connectivity index (χ3v) is 4.45. The molecular weight excluding hydrogens is 316 g/mol. The Balaban J connectivity index is 1.85. The highest BCUT2D eigenvalue weighted by Crippen LogP contribution is 2.23. The number of aryl methyl sites for hydroxylation is 1. The van der Waals surface area contributed by atoms with Crippen molar-refractivity contribution in [2.45, 2.75) is 13.3 Å². The molecule has 0 aliphatic carbocycles. The van der Waals surface area contributed by atoms with Gasteiger partial charge in [-0.25, -0.2) is 0 Å². The Morgan fingerprint density at radius 1 is 1.50 bits per heavy atom. The topological polar surface area (TPSA) is 58.2 Å². The highest BCUT2D eigenvalue weighted by atomic mass is 35.5. The minimum atomic E-state index is -0.262. The third-order valence-electron chi connectivity index (χ3n) is 2.62. The summed E-state index contributed by atoms with van der Waals surface area (Å²) in [7, 11) is 0. The second-order valence-corrected chi connectivity index (χ2v) is 6.22. The van der Waals surface area contributed by atoms with E-state index in [9.17, 15) is 9.59 Å². The van der Waals surface area contributed by atoms with Gasteiger partial charge in [-0.05, 0) is 24.1 Å². The fraction of sp³-hybridized carbons (Fsp3) is 0.231.